The van der Waals surface area contributed by atoms with E-state index in [1.165, 1.54) is 18.2 Å². The minimum absolute atomic E-state index is 0.00967. The third-order valence-electron chi connectivity index (χ3n) is 2.83. The number of rotatable bonds is 5. The number of ether oxygens (including phenoxy) is 1. The first-order valence-corrected chi connectivity index (χ1v) is 5.77. The van der Waals surface area contributed by atoms with E-state index >= 15 is 0 Å². The Morgan fingerprint density at radius 3 is 2.50 bits per heavy atom. The molecule has 0 aliphatic heterocycles. The monoisotopic (exact) mass is 220 g/mol. The van der Waals surface area contributed by atoms with E-state index in [4.69, 9.17) is 4.74 Å². The number of aryl methyl sites for hydroxylation is 2. The van der Waals surface area contributed by atoms with Gasteiger partial charge in [0, 0.05) is 0 Å². The van der Waals surface area contributed by atoms with E-state index in [-0.39, 0.29) is 11.9 Å². The Labute approximate surface area is 97.6 Å². The molecule has 2 heteroatoms. The van der Waals surface area contributed by atoms with Gasteiger partial charge in [0.25, 0.3) is 0 Å². The molecule has 0 unspecified atom stereocenters. The van der Waals surface area contributed by atoms with Gasteiger partial charge in [0.1, 0.15) is 0 Å². The van der Waals surface area contributed by atoms with E-state index in [0.717, 1.165) is 19.3 Å². The van der Waals surface area contributed by atoms with Crippen LogP contribution in [-0.2, 0) is 16.0 Å². The minimum atomic E-state index is -0.107. The molecule has 0 amide bonds. The third-order valence-corrected chi connectivity index (χ3v) is 2.83. The average molecular weight is 220 g/mol. The summed E-state index contributed by atoms with van der Waals surface area (Å²) in [6, 6.07) is 8.55. The molecule has 16 heavy (non-hydrogen) atoms. The van der Waals surface area contributed by atoms with Crippen LogP contribution in [0, 0.1) is 12.8 Å². The number of hydrogen-bond acceptors (Lipinski definition) is 2. The zero-order valence-electron chi connectivity index (χ0n) is 10.3. The van der Waals surface area contributed by atoms with Gasteiger partial charge in [-0.3, -0.25) is 4.79 Å². The molecule has 1 rings (SSSR count). The van der Waals surface area contributed by atoms with Crippen LogP contribution < -0.4 is 0 Å². The maximum absolute atomic E-state index is 11.2. The number of benzene rings is 1. The second-order valence-corrected chi connectivity index (χ2v) is 4.30. The van der Waals surface area contributed by atoms with Crippen LogP contribution in [0.25, 0.3) is 0 Å². The van der Waals surface area contributed by atoms with Gasteiger partial charge in [0.2, 0.25) is 0 Å². The van der Waals surface area contributed by atoms with Gasteiger partial charge in [0.05, 0.1) is 13.0 Å². The molecule has 0 fully saturated rings. The second kappa shape index (κ2) is 6.31. The molecule has 0 aliphatic rings. The predicted octanol–water partition coefficient (Wildman–Crippen LogP) is 3.13. The van der Waals surface area contributed by atoms with Crippen LogP contribution in [0.3, 0.4) is 0 Å². The molecule has 0 saturated carbocycles. The van der Waals surface area contributed by atoms with Gasteiger partial charge in [-0.25, -0.2) is 0 Å². The molecule has 1 atom stereocenters. The van der Waals surface area contributed by atoms with Gasteiger partial charge in [-0.05, 0) is 31.7 Å². The average Bonchev–Trinajstić information content (AvgIpc) is 2.30. The molecule has 0 spiro atoms. The molecule has 1 aromatic rings. The van der Waals surface area contributed by atoms with Crippen molar-refractivity contribution < 1.29 is 9.53 Å². The van der Waals surface area contributed by atoms with Gasteiger partial charge in [0.15, 0.2) is 0 Å². The Balaban J connectivity index is 2.30. The fourth-order valence-electron chi connectivity index (χ4n) is 1.69. The summed E-state index contributed by atoms with van der Waals surface area (Å²) in [6.45, 7) is 4.00. The standard InChI is InChI=1S/C14H20O2/c1-11-7-9-13(10-8-11)6-4-5-12(2)14(15)16-3/h7-10,12H,4-6H2,1-3H3/t12-/m0/s1. The lowest BCUT2D eigenvalue weighted by Gasteiger charge is -2.08. The zero-order chi connectivity index (χ0) is 12.0. The van der Waals surface area contributed by atoms with Crippen molar-refractivity contribution in [2.24, 2.45) is 5.92 Å². The fourth-order valence-corrected chi connectivity index (χ4v) is 1.69. The first-order chi connectivity index (χ1) is 7.63. The summed E-state index contributed by atoms with van der Waals surface area (Å²) < 4.78 is 4.69. The number of hydrogen-bond donors (Lipinski definition) is 0. The van der Waals surface area contributed by atoms with Crippen molar-refractivity contribution in [3.63, 3.8) is 0 Å². The van der Waals surface area contributed by atoms with Gasteiger partial charge in [-0.15, -0.1) is 0 Å². The summed E-state index contributed by atoms with van der Waals surface area (Å²) in [5.41, 5.74) is 2.62. The van der Waals surface area contributed by atoms with Crippen LogP contribution in [0.5, 0.6) is 0 Å². The van der Waals surface area contributed by atoms with Crippen molar-refractivity contribution in [3.8, 4) is 0 Å². The van der Waals surface area contributed by atoms with Crippen LogP contribution >= 0.6 is 0 Å². The lowest BCUT2D eigenvalue weighted by Crippen LogP contribution is -2.12. The van der Waals surface area contributed by atoms with E-state index in [2.05, 4.69) is 31.2 Å². The van der Waals surface area contributed by atoms with Crippen molar-refractivity contribution >= 4 is 5.97 Å². The Hall–Kier alpha value is -1.31. The van der Waals surface area contributed by atoms with Crippen molar-refractivity contribution in [1.29, 1.82) is 0 Å². The lowest BCUT2D eigenvalue weighted by molar-refractivity contribution is -0.145. The molecule has 0 aliphatic carbocycles. The summed E-state index contributed by atoms with van der Waals surface area (Å²) in [4.78, 5) is 11.2. The summed E-state index contributed by atoms with van der Waals surface area (Å²) >= 11 is 0. The number of methoxy groups -OCH3 is 1. The quantitative estimate of drug-likeness (QED) is 0.713. The SMILES string of the molecule is COC(=O)[C@@H](C)CCCc1ccc(C)cc1. The van der Waals surface area contributed by atoms with Gasteiger partial charge in [-0.2, -0.15) is 0 Å². The largest absolute Gasteiger partial charge is 0.469 e. The van der Waals surface area contributed by atoms with Crippen molar-refractivity contribution in [1.82, 2.24) is 0 Å². The van der Waals surface area contributed by atoms with Crippen LogP contribution in [0.15, 0.2) is 24.3 Å². The number of carbonyl (C=O) groups excluding carboxylic acids is 1. The molecule has 0 N–H and O–H groups in total. The van der Waals surface area contributed by atoms with Crippen molar-refractivity contribution in [3.05, 3.63) is 35.4 Å². The maximum Gasteiger partial charge on any atom is 0.308 e. The summed E-state index contributed by atoms with van der Waals surface area (Å²) in [5, 5.41) is 0. The molecule has 0 radical (unpaired) electrons. The highest BCUT2D eigenvalue weighted by molar-refractivity contribution is 5.71. The number of carbonyl (C=O) groups is 1. The van der Waals surface area contributed by atoms with Crippen LogP contribution in [0.1, 0.15) is 30.9 Å². The molecule has 0 aromatic heterocycles. The van der Waals surface area contributed by atoms with Gasteiger partial charge in [-0.1, -0.05) is 36.8 Å². The first-order valence-electron chi connectivity index (χ1n) is 5.77. The van der Waals surface area contributed by atoms with Crippen LogP contribution in [0.2, 0.25) is 0 Å². The highest BCUT2D eigenvalue weighted by Gasteiger charge is 2.11. The zero-order valence-corrected chi connectivity index (χ0v) is 10.3. The summed E-state index contributed by atoms with van der Waals surface area (Å²) in [7, 11) is 1.44. The van der Waals surface area contributed by atoms with E-state index in [0.29, 0.717) is 0 Å². The van der Waals surface area contributed by atoms with Crippen LogP contribution in [-0.4, -0.2) is 13.1 Å². The Morgan fingerprint density at radius 1 is 1.31 bits per heavy atom. The molecule has 2 nitrogen and oxygen atoms in total. The third kappa shape index (κ3) is 4.05. The Morgan fingerprint density at radius 2 is 1.94 bits per heavy atom. The van der Waals surface area contributed by atoms with Crippen molar-refractivity contribution in [2.45, 2.75) is 33.1 Å². The molecular formula is C14H20O2. The minimum Gasteiger partial charge on any atom is -0.469 e. The number of esters is 1. The maximum atomic E-state index is 11.2. The van der Waals surface area contributed by atoms with E-state index in [9.17, 15) is 4.79 Å². The summed E-state index contributed by atoms with van der Waals surface area (Å²) in [6.07, 6.45) is 2.95. The smallest absolute Gasteiger partial charge is 0.308 e. The molecule has 88 valence electrons. The van der Waals surface area contributed by atoms with Gasteiger partial charge >= 0.3 is 5.97 Å². The highest BCUT2D eigenvalue weighted by Crippen LogP contribution is 2.12. The predicted molar refractivity (Wildman–Crippen MR) is 65.3 cm³/mol. The fraction of sp³-hybridized carbons (Fsp3) is 0.500. The lowest BCUT2D eigenvalue weighted by atomic mass is 10.0. The molecule has 0 saturated heterocycles. The first kappa shape index (κ1) is 12.8. The highest BCUT2D eigenvalue weighted by atomic mass is 16.5. The Kier molecular flexibility index (Phi) is 5.03. The molecule has 1 aromatic carbocycles. The van der Waals surface area contributed by atoms with E-state index < -0.39 is 0 Å². The second-order valence-electron chi connectivity index (χ2n) is 4.30. The van der Waals surface area contributed by atoms with E-state index in [1.807, 2.05) is 6.92 Å². The van der Waals surface area contributed by atoms with Gasteiger partial charge < -0.3 is 4.74 Å². The molecule has 0 heterocycles. The summed E-state index contributed by atoms with van der Waals surface area (Å²) in [5.74, 6) is -0.0978. The topological polar surface area (TPSA) is 26.3 Å². The van der Waals surface area contributed by atoms with E-state index in [1.54, 1.807) is 0 Å². The molecular weight excluding hydrogens is 200 g/mol. The Bertz CT molecular complexity index is 327. The van der Waals surface area contributed by atoms with Crippen molar-refractivity contribution in [2.75, 3.05) is 7.11 Å². The molecule has 0 bridgehead atoms. The van der Waals surface area contributed by atoms with Crippen LogP contribution in [0.4, 0.5) is 0 Å². The normalized spacial score (nSPS) is 12.2.